The lowest BCUT2D eigenvalue weighted by molar-refractivity contribution is -0.120. The van der Waals surface area contributed by atoms with Gasteiger partial charge in [0.05, 0.1) is 11.9 Å². The second-order valence-corrected chi connectivity index (χ2v) is 5.75. The molecule has 5 nitrogen and oxygen atoms in total. The minimum absolute atomic E-state index is 0.0955. The molecule has 0 spiro atoms. The van der Waals surface area contributed by atoms with Crippen LogP contribution in [0.1, 0.15) is 11.1 Å². The highest BCUT2D eigenvalue weighted by molar-refractivity contribution is 6.30. The van der Waals surface area contributed by atoms with Crippen LogP contribution in [-0.2, 0) is 24.8 Å². The van der Waals surface area contributed by atoms with Gasteiger partial charge in [0.2, 0.25) is 5.91 Å². The number of rotatable bonds is 4. The quantitative estimate of drug-likeness (QED) is 0.800. The van der Waals surface area contributed by atoms with Crippen molar-refractivity contribution in [2.24, 2.45) is 7.05 Å². The van der Waals surface area contributed by atoms with Gasteiger partial charge in [-0.25, -0.2) is 4.79 Å². The Morgan fingerprint density at radius 2 is 2.04 bits per heavy atom. The van der Waals surface area contributed by atoms with Crippen LogP contribution >= 0.6 is 11.6 Å². The zero-order chi connectivity index (χ0) is 16.4. The summed E-state index contributed by atoms with van der Waals surface area (Å²) in [6.45, 7) is 0.369. The first kappa shape index (κ1) is 15.4. The highest BCUT2D eigenvalue weighted by Gasteiger charge is 2.08. The van der Waals surface area contributed by atoms with Crippen molar-refractivity contribution in [3.05, 3.63) is 69.2 Å². The molecule has 0 aliphatic heterocycles. The first-order valence-electron chi connectivity index (χ1n) is 7.12. The molecular weight excluding hydrogens is 316 g/mol. The summed E-state index contributed by atoms with van der Waals surface area (Å²) in [5.74, 6) is -0.496. The van der Waals surface area contributed by atoms with E-state index in [-0.39, 0.29) is 12.3 Å². The number of carbonyl (C=O) groups is 1. The third-order valence-corrected chi connectivity index (χ3v) is 3.84. The Hall–Kier alpha value is -2.53. The molecule has 1 aromatic heterocycles. The zero-order valence-corrected chi connectivity index (χ0v) is 13.3. The summed E-state index contributed by atoms with van der Waals surface area (Å²) in [4.78, 5) is 23.4. The van der Waals surface area contributed by atoms with Crippen molar-refractivity contribution in [2.75, 3.05) is 0 Å². The third kappa shape index (κ3) is 3.46. The molecule has 0 saturated heterocycles. The van der Waals surface area contributed by atoms with Crippen LogP contribution in [0.25, 0.3) is 11.1 Å². The van der Waals surface area contributed by atoms with Gasteiger partial charge in [-0.2, -0.15) is 0 Å². The largest absolute Gasteiger partial charge is 0.419 e. The van der Waals surface area contributed by atoms with Crippen LogP contribution in [0.5, 0.6) is 0 Å². The lowest BCUT2D eigenvalue weighted by atomic mass is 10.1. The summed E-state index contributed by atoms with van der Waals surface area (Å²) < 4.78 is 6.58. The molecule has 0 unspecified atom stereocenters. The molecule has 1 heterocycles. The van der Waals surface area contributed by atoms with Crippen molar-refractivity contribution in [1.29, 1.82) is 0 Å². The SMILES string of the molecule is Cn1c(=O)oc2cc(CNC(=O)Cc3cccc(Cl)c3)ccc21. The monoisotopic (exact) mass is 330 g/mol. The van der Waals surface area contributed by atoms with Gasteiger partial charge in [-0.3, -0.25) is 9.36 Å². The zero-order valence-electron chi connectivity index (χ0n) is 12.5. The molecule has 1 amide bonds. The van der Waals surface area contributed by atoms with Gasteiger partial charge in [-0.05, 0) is 35.4 Å². The number of oxazole rings is 1. The number of aromatic nitrogens is 1. The Morgan fingerprint density at radius 3 is 2.83 bits per heavy atom. The van der Waals surface area contributed by atoms with Gasteiger partial charge in [0.25, 0.3) is 0 Å². The van der Waals surface area contributed by atoms with Crippen LogP contribution in [0.15, 0.2) is 51.7 Å². The topological polar surface area (TPSA) is 64.2 Å². The molecule has 0 saturated carbocycles. The van der Waals surface area contributed by atoms with E-state index in [2.05, 4.69) is 5.32 Å². The van der Waals surface area contributed by atoms with Gasteiger partial charge < -0.3 is 9.73 Å². The van der Waals surface area contributed by atoms with Crippen LogP contribution in [0.4, 0.5) is 0 Å². The van der Waals surface area contributed by atoms with Gasteiger partial charge in [-0.1, -0.05) is 29.8 Å². The second-order valence-electron chi connectivity index (χ2n) is 5.31. The van der Waals surface area contributed by atoms with Crippen LogP contribution in [-0.4, -0.2) is 10.5 Å². The summed E-state index contributed by atoms with van der Waals surface area (Å²) in [5, 5.41) is 3.46. The standard InChI is InChI=1S/C17H15ClN2O3/c1-20-14-6-5-12(8-15(14)23-17(20)22)10-19-16(21)9-11-3-2-4-13(18)7-11/h2-8H,9-10H2,1H3,(H,19,21). The molecule has 0 aliphatic carbocycles. The van der Waals surface area contributed by atoms with Crippen molar-refractivity contribution in [3.8, 4) is 0 Å². The number of carbonyl (C=O) groups excluding carboxylic acids is 1. The summed E-state index contributed by atoms with van der Waals surface area (Å²) >= 11 is 5.90. The van der Waals surface area contributed by atoms with Crippen LogP contribution in [0.2, 0.25) is 5.02 Å². The van der Waals surface area contributed by atoms with Crippen LogP contribution in [0, 0.1) is 0 Å². The number of fused-ring (bicyclic) bond motifs is 1. The maximum atomic E-state index is 12.0. The lowest BCUT2D eigenvalue weighted by Gasteiger charge is -2.06. The fourth-order valence-corrected chi connectivity index (χ4v) is 2.60. The fraction of sp³-hybridized carbons (Fsp3) is 0.176. The third-order valence-electron chi connectivity index (χ3n) is 3.60. The molecule has 1 N–H and O–H groups in total. The average molecular weight is 331 g/mol. The Morgan fingerprint density at radius 1 is 1.22 bits per heavy atom. The number of benzene rings is 2. The van der Waals surface area contributed by atoms with Crippen LogP contribution in [0.3, 0.4) is 0 Å². The molecule has 0 radical (unpaired) electrons. The molecule has 0 atom stereocenters. The second kappa shape index (κ2) is 6.30. The summed E-state index contributed by atoms with van der Waals surface area (Å²) in [7, 11) is 1.65. The summed E-state index contributed by atoms with van der Waals surface area (Å²) in [6.07, 6.45) is 0.267. The van der Waals surface area contributed by atoms with E-state index in [1.807, 2.05) is 18.2 Å². The predicted octanol–water partition coefficient (Wildman–Crippen LogP) is 2.64. The molecule has 23 heavy (non-hydrogen) atoms. The van der Waals surface area contributed by atoms with Crippen molar-refractivity contribution in [1.82, 2.24) is 9.88 Å². The van der Waals surface area contributed by atoms with Gasteiger partial charge in [0.1, 0.15) is 0 Å². The minimum atomic E-state index is -0.401. The van der Waals surface area contributed by atoms with Gasteiger partial charge >= 0.3 is 5.76 Å². The van der Waals surface area contributed by atoms with Crippen molar-refractivity contribution in [2.45, 2.75) is 13.0 Å². The molecule has 2 aromatic carbocycles. The number of nitrogens with zero attached hydrogens (tertiary/aromatic N) is 1. The van der Waals surface area contributed by atoms with Crippen molar-refractivity contribution in [3.63, 3.8) is 0 Å². The normalized spacial score (nSPS) is 10.9. The number of halogens is 1. The first-order valence-corrected chi connectivity index (χ1v) is 7.50. The Labute approximate surface area is 137 Å². The van der Waals surface area contributed by atoms with Crippen molar-refractivity contribution >= 4 is 28.6 Å². The van der Waals surface area contributed by atoms with E-state index in [9.17, 15) is 9.59 Å². The highest BCUT2D eigenvalue weighted by Crippen LogP contribution is 2.14. The van der Waals surface area contributed by atoms with Crippen LogP contribution < -0.4 is 11.1 Å². The summed E-state index contributed by atoms with van der Waals surface area (Å²) in [6, 6.07) is 12.6. The molecule has 0 fully saturated rings. The Bertz CT molecular complexity index is 927. The number of hydrogen-bond acceptors (Lipinski definition) is 3. The van der Waals surface area contributed by atoms with E-state index in [1.54, 1.807) is 31.3 Å². The molecule has 0 aliphatic rings. The molecule has 0 bridgehead atoms. The summed E-state index contributed by atoms with van der Waals surface area (Å²) in [5.41, 5.74) is 2.97. The van der Waals surface area contributed by atoms with E-state index in [4.69, 9.17) is 16.0 Å². The van der Waals surface area contributed by atoms with E-state index in [1.165, 1.54) is 4.57 Å². The minimum Gasteiger partial charge on any atom is -0.408 e. The van der Waals surface area contributed by atoms with E-state index in [0.717, 1.165) is 16.6 Å². The lowest BCUT2D eigenvalue weighted by Crippen LogP contribution is -2.24. The number of amides is 1. The fourth-order valence-electron chi connectivity index (χ4n) is 2.38. The van der Waals surface area contributed by atoms with Gasteiger partial charge in [0, 0.05) is 18.6 Å². The number of nitrogens with one attached hydrogen (secondary N) is 1. The van der Waals surface area contributed by atoms with E-state index < -0.39 is 5.76 Å². The Kier molecular flexibility index (Phi) is 4.21. The maximum absolute atomic E-state index is 12.0. The number of aryl methyl sites for hydroxylation is 1. The van der Waals surface area contributed by atoms with Gasteiger partial charge in [0.15, 0.2) is 5.58 Å². The van der Waals surface area contributed by atoms with Crippen molar-refractivity contribution < 1.29 is 9.21 Å². The molecule has 3 aromatic rings. The maximum Gasteiger partial charge on any atom is 0.419 e. The molecule has 118 valence electrons. The van der Waals surface area contributed by atoms with E-state index in [0.29, 0.717) is 17.2 Å². The highest BCUT2D eigenvalue weighted by atomic mass is 35.5. The molecule has 3 rings (SSSR count). The number of hydrogen-bond donors (Lipinski definition) is 1. The Balaban J connectivity index is 1.66. The van der Waals surface area contributed by atoms with Gasteiger partial charge in [-0.15, -0.1) is 0 Å². The first-order chi connectivity index (χ1) is 11.0. The smallest absolute Gasteiger partial charge is 0.408 e. The molecule has 6 heteroatoms. The average Bonchev–Trinajstić information content (AvgIpc) is 2.80. The van der Waals surface area contributed by atoms with E-state index >= 15 is 0 Å². The predicted molar refractivity (Wildman–Crippen MR) is 88.5 cm³/mol. The molecular formula is C17H15ClN2O3.